The highest BCUT2D eigenvalue weighted by molar-refractivity contribution is 6.14. The highest BCUT2D eigenvalue weighted by atomic mass is 16.2. The summed E-state index contributed by atoms with van der Waals surface area (Å²) in [6.45, 7) is 0.136. The molecule has 1 amide bonds. The predicted octanol–water partition coefficient (Wildman–Crippen LogP) is 1.18. The third-order valence-electron chi connectivity index (χ3n) is 2.88. The van der Waals surface area contributed by atoms with E-state index in [0.717, 1.165) is 5.69 Å². The Labute approximate surface area is 104 Å². The smallest absolute Gasteiger partial charge is 0.236 e. The van der Waals surface area contributed by atoms with Crippen LogP contribution in [0, 0.1) is 0 Å². The molecule has 1 aliphatic heterocycles. The fourth-order valence-corrected chi connectivity index (χ4v) is 2.06. The monoisotopic (exact) mass is 241 g/mol. The van der Waals surface area contributed by atoms with E-state index in [1.54, 1.807) is 16.9 Å². The second kappa shape index (κ2) is 4.10. The van der Waals surface area contributed by atoms with Crippen LogP contribution in [-0.4, -0.2) is 28.0 Å². The van der Waals surface area contributed by atoms with Crippen molar-refractivity contribution in [2.45, 2.75) is 6.42 Å². The SMILES string of the molecule is O=C1CC(=O)N(c2ccnn2-c2ccccc2)C1. The van der Waals surface area contributed by atoms with Gasteiger partial charge in [-0.2, -0.15) is 5.10 Å². The molecule has 0 saturated carbocycles. The number of para-hydroxylation sites is 1. The number of hydrogen-bond donors (Lipinski definition) is 0. The molecule has 5 nitrogen and oxygen atoms in total. The van der Waals surface area contributed by atoms with E-state index in [2.05, 4.69) is 5.10 Å². The fourth-order valence-electron chi connectivity index (χ4n) is 2.06. The van der Waals surface area contributed by atoms with Crippen molar-refractivity contribution in [2.75, 3.05) is 11.4 Å². The van der Waals surface area contributed by atoms with Gasteiger partial charge in [0.1, 0.15) is 5.82 Å². The Morgan fingerprint density at radius 2 is 1.83 bits per heavy atom. The average molecular weight is 241 g/mol. The number of carbonyl (C=O) groups is 2. The Morgan fingerprint density at radius 3 is 2.50 bits per heavy atom. The minimum absolute atomic E-state index is 0.0139. The average Bonchev–Trinajstić information content (AvgIpc) is 2.96. The first kappa shape index (κ1) is 10.7. The van der Waals surface area contributed by atoms with E-state index < -0.39 is 0 Å². The molecule has 1 aromatic carbocycles. The lowest BCUT2D eigenvalue weighted by Crippen LogP contribution is -2.27. The van der Waals surface area contributed by atoms with Gasteiger partial charge in [0.15, 0.2) is 5.78 Å². The molecular weight excluding hydrogens is 230 g/mol. The number of aromatic nitrogens is 2. The quantitative estimate of drug-likeness (QED) is 0.742. The summed E-state index contributed by atoms with van der Waals surface area (Å²) in [5, 5.41) is 4.20. The first-order valence-corrected chi connectivity index (χ1v) is 5.67. The number of benzene rings is 1. The molecule has 0 unspecified atom stereocenters. The third-order valence-corrected chi connectivity index (χ3v) is 2.88. The Bertz CT molecular complexity index is 604. The number of Topliss-reactive ketones (excluding diaryl/α,β-unsaturated/α-hetero) is 1. The minimum Gasteiger partial charge on any atom is -0.297 e. The standard InChI is InChI=1S/C13H11N3O2/c17-11-8-13(18)15(9-11)12-6-7-14-16(12)10-4-2-1-3-5-10/h1-7H,8-9H2. The molecule has 1 aliphatic rings. The van der Waals surface area contributed by atoms with Crippen LogP contribution in [0.2, 0.25) is 0 Å². The Morgan fingerprint density at radius 1 is 1.06 bits per heavy atom. The molecule has 3 rings (SSSR count). The summed E-state index contributed by atoms with van der Waals surface area (Å²) >= 11 is 0. The first-order chi connectivity index (χ1) is 8.75. The summed E-state index contributed by atoms with van der Waals surface area (Å²) in [5.74, 6) is 0.413. The fraction of sp³-hybridized carbons (Fsp3) is 0.154. The van der Waals surface area contributed by atoms with Crippen molar-refractivity contribution in [1.29, 1.82) is 0 Å². The molecule has 5 heteroatoms. The molecule has 2 aromatic rings. The summed E-state index contributed by atoms with van der Waals surface area (Å²) in [4.78, 5) is 24.5. The lowest BCUT2D eigenvalue weighted by Gasteiger charge is -2.16. The Balaban J connectivity index is 2.03. The van der Waals surface area contributed by atoms with Gasteiger partial charge in [-0.3, -0.25) is 14.5 Å². The van der Waals surface area contributed by atoms with E-state index in [1.807, 2.05) is 30.3 Å². The molecule has 90 valence electrons. The second-order valence-electron chi connectivity index (χ2n) is 4.13. The molecule has 0 bridgehead atoms. The maximum absolute atomic E-state index is 11.7. The van der Waals surface area contributed by atoms with E-state index >= 15 is 0 Å². The number of rotatable bonds is 2. The van der Waals surface area contributed by atoms with Gasteiger partial charge in [-0.25, -0.2) is 4.68 Å². The van der Waals surface area contributed by atoms with Gasteiger partial charge >= 0.3 is 0 Å². The van der Waals surface area contributed by atoms with Crippen LogP contribution in [0.25, 0.3) is 5.69 Å². The lowest BCUT2D eigenvalue weighted by atomic mass is 10.3. The van der Waals surface area contributed by atoms with Crippen LogP contribution in [0.1, 0.15) is 6.42 Å². The summed E-state index contributed by atoms with van der Waals surface area (Å²) in [5.41, 5.74) is 0.865. The van der Waals surface area contributed by atoms with Crippen LogP contribution in [0.4, 0.5) is 5.82 Å². The molecule has 0 N–H and O–H groups in total. The third kappa shape index (κ3) is 1.69. The van der Waals surface area contributed by atoms with E-state index in [-0.39, 0.29) is 24.7 Å². The number of nitrogens with zero attached hydrogens (tertiary/aromatic N) is 3. The molecule has 2 heterocycles. The van der Waals surface area contributed by atoms with Gasteiger partial charge in [-0.15, -0.1) is 0 Å². The summed E-state index contributed by atoms with van der Waals surface area (Å²) in [6.07, 6.45) is 1.61. The number of hydrogen-bond acceptors (Lipinski definition) is 3. The summed E-state index contributed by atoms with van der Waals surface area (Å²) in [6, 6.07) is 11.3. The second-order valence-corrected chi connectivity index (χ2v) is 4.13. The lowest BCUT2D eigenvalue weighted by molar-refractivity contribution is -0.121. The van der Waals surface area contributed by atoms with Crippen molar-refractivity contribution in [3.63, 3.8) is 0 Å². The zero-order valence-corrected chi connectivity index (χ0v) is 9.61. The summed E-state index contributed by atoms with van der Waals surface area (Å²) < 4.78 is 1.66. The summed E-state index contributed by atoms with van der Waals surface area (Å²) in [7, 11) is 0. The molecule has 1 aromatic heterocycles. The van der Waals surface area contributed by atoms with E-state index in [1.165, 1.54) is 4.90 Å². The van der Waals surface area contributed by atoms with E-state index in [0.29, 0.717) is 5.82 Å². The predicted molar refractivity (Wildman–Crippen MR) is 65.5 cm³/mol. The van der Waals surface area contributed by atoms with Gasteiger partial charge in [0.05, 0.1) is 24.8 Å². The van der Waals surface area contributed by atoms with E-state index in [4.69, 9.17) is 0 Å². The van der Waals surface area contributed by atoms with Crippen molar-refractivity contribution in [2.24, 2.45) is 0 Å². The van der Waals surface area contributed by atoms with Gasteiger partial charge in [0.25, 0.3) is 0 Å². The molecule has 1 fully saturated rings. The maximum atomic E-state index is 11.7. The minimum atomic E-state index is -0.169. The van der Waals surface area contributed by atoms with Gasteiger partial charge in [0, 0.05) is 6.07 Å². The molecule has 0 radical (unpaired) electrons. The molecular formula is C13H11N3O2. The zero-order chi connectivity index (χ0) is 12.5. The van der Waals surface area contributed by atoms with Gasteiger partial charge in [-0.1, -0.05) is 18.2 Å². The van der Waals surface area contributed by atoms with Crippen LogP contribution >= 0.6 is 0 Å². The topological polar surface area (TPSA) is 55.2 Å². The van der Waals surface area contributed by atoms with Crippen LogP contribution in [0.5, 0.6) is 0 Å². The van der Waals surface area contributed by atoms with Crippen molar-refractivity contribution in [3.05, 3.63) is 42.6 Å². The van der Waals surface area contributed by atoms with Crippen molar-refractivity contribution < 1.29 is 9.59 Å². The molecule has 1 saturated heterocycles. The van der Waals surface area contributed by atoms with Gasteiger partial charge in [0.2, 0.25) is 5.91 Å². The van der Waals surface area contributed by atoms with Crippen molar-refractivity contribution in [1.82, 2.24) is 9.78 Å². The Kier molecular flexibility index (Phi) is 2.44. The van der Waals surface area contributed by atoms with Crippen LogP contribution in [0.15, 0.2) is 42.6 Å². The van der Waals surface area contributed by atoms with E-state index in [9.17, 15) is 9.59 Å². The normalized spacial score (nSPS) is 15.4. The number of ketones is 1. The van der Waals surface area contributed by atoms with Crippen LogP contribution in [-0.2, 0) is 9.59 Å². The molecule has 18 heavy (non-hydrogen) atoms. The number of anilines is 1. The van der Waals surface area contributed by atoms with Crippen molar-refractivity contribution in [3.8, 4) is 5.69 Å². The molecule has 0 spiro atoms. The Hall–Kier alpha value is -2.43. The molecule has 0 atom stereocenters. The highest BCUT2D eigenvalue weighted by Gasteiger charge is 2.30. The largest absolute Gasteiger partial charge is 0.297 e. The van der Waals surface area contributed by atoms with Gasteiger partial charge < -0.3 is 0 Å². The zero-order valence-electron chi connectivity index (χ0n) is 9.61. The number of amides is 1. The maximum Gasteiger partial charge on any atom is 0.236 e. The van der Waals surface area contributed by atoms with Crippen LogP contribution < -0.4 is 4.90 Å². The van der Waals surface area contributed by atoms with Gasteiger partial charge in [-0.05, 0) is 12.1 Å². The highest BCUT2D eigenvalue weighted by Crippen LogP contribution is 2.22. The van der Waals surface area contributed by atoms with Crippen molar-refractivity contribution >= 4 is 17.5 Å². The van der Waals surface area contributed by atoms with Crippen LogP contribution in [0.3, 0.4) is 0 Å². The number of carbonyl (C=O) groups excluding carboxylic acids is 2. The molecule has 0 aliphatic carbocycles. The first-order valence-electron chi connectivity index (χ1n) is 5.67.